The van der Waals surface area contributed by atoms with Gasteiger partial charge in [0.1, 0.15) is 5.69 Å². The van der Waals surface area contributed by atoms with Crippen LogP contribution < -0.4 is 11.3 Å². The Hall–Kier alpha value is -2.03. The van der Waals surface area contributed by atoms with E-state index in [1.807, 2.05) is 25.1 Å². The lowest BCUT2D eigenvalue weighted by Gasteiger charge is -2.14. The number of nitrogen functional groups attached to an aromatic ring is 1. The van der Waals surface area contributed by atoms with E-state index in [1.165, 1.54) is 19.3 Å². The van der Waals surface area contributed by atoms with Crippen LogP contribution in [-0.4, -0.2) is 4.98 Å². The molecule has 0 unspecified atom stereocenters. The summed E-state index contributed by atoms with van der Waals surface area (Å²) in [5, 5.41) is 0. The first-order chi connectivity index (χ1) is 10.1. The Morgan fingerprint density at radius 1 is 1.10 bits per heavy atom. The highest BCUT2D eigenvalue weighted by Crippen LogP contribution is 2.28. The summed E-state index contributed by atoms with van der Waals surface area (Å²) in [7, 11) is 0. The maximum atomic E-state index is 12.0. The predicted octanol–water partition coefficient (Wildman–Crippen LogP) is 4.06. The molecular formula is C18H24N2O. The molecule has 0 atom stereocenters. The number of nitrogens with two attached hydrogens (primary N) is 1. The van der Waals surface area contributed by atoms with Crippen molar-refractivity contribution in [3.8, 4) is 11.1 Å². The molecule has 3 N–H and O–H groups in total. The summed E-state index contributed by atoms with van der Waals surface area (Å²) in [5.41, 5.74) is 10.2. The van der Waals surface area contributed by atoms with E-state index in [0.717, 1.165) is 35.2 Å². The molecule has 21 heavy (non-hydrogen) atoms. The summed E-state index contributed by atoms with van der Waals surface area (Å²) in [6.07, 6.45) is 5.62. The molecule has 0 amide bonds. The number of anilines is 1. The van der Waals surface area contributed by atoms with Gasteiger partial charge in [0.2, 0.25) is 0 Å². The van der Waals surface area contributed by atoms with Gasteiger partial charge in [-0.25, -0.2) is 0 Å². The molecule has 0 saturated carbocycles. The van der Waals surface area contributed by atoms with Gasteiger partial charge in [-0.3, -0.25) is 4.79 Å². The van der Waals surface area contributed by atoms with Gasteiger partial charge in [-0.1, -0.05) is 56.5 Å². The van der Waals surface area contributed by atoms with E-state index >= 15 is 0 Å². The van der Waals surface area contributed by atoms with Gasteiger partial charge in [0.25, 0.3) is 5.56 Å². The van der Waals surface area contributed by atoms with Crippen LogP contribution in [0.3, 0.4) is 0 Å². The standard InChI is InChI=1S/C18H24N2O/c1-3-4-5-9-12-15-16(14-10-7-6-8-11-14)13(2)17(19)18(21)20-15/h6-8,10-11H,3-5,9,12,19H2,1-2H3,(H,20,21). The maximum Gasteiger partial charge on any atom is 0.271 e. The fourth-order valence-corrected chi connectivity index (χ4v) is 2.71. The number of pyridine rings is 1. The molecule has 0 bridgehead atoms. The third-order valence-electron chi connectivity index (χ3n) is 3.93. The van der Waals surface area contributed by atoms with Gasteiger partial charge in [0.05, 0.1) is 0 Å². The molecule has 1 aromatic carbocycles. The van der Waals surface area contributed by atoms with Gasteiger partial charge in [-0.2, -0.15) is 0 Å². The number of rotatable bonds is 6. The summed E-state index contributed by atoms with van der Waals surface area (Å²) in [4.78, 5) is 14.9. The Kier molecular flexibility index (Phi) is 5.20. The van der Waals surface area contributed by atoms with E-state index < -0.39 is 0 Å². The minimum absolute atomic E-state index is 0.169. The van der Waals surface area contributed by atoms with Crippen molar-refractivity contribution in [1.82, 2.24) is 4.98 Å². The smallest absolute Gasteiger partial charge is 0.271 e. The number of aryl methyl sites for hydroxylation is 1. The van der Waals surface area contributed by atoms with E-state index in [4.69, 9.17) is 5.73 Å². The summed E-state index contributed by atoms with van der Waals surface area (Å²) in [5.74, 6) is 0. The van der Waals surface area contributed by atoms with Gasteiger partial charge in [0, 0.05) is 11.3 Å². The van der Waals surface area contributed by atoms with Gasteiger partial charge >= 0.3 is 0 Å². The van der Waals surface area contributed by atoms with Crippen LogP contribution in [-0.2, 0) is 6.42 Å². The second-order valence-corrected chi connectivity index (χ2v) is 5.52. The number of H-pyrrole nitrogens is 1. The zero-order chi connectivity index (χ0) is 15.2. The Morgan fingerprint density at radius 2 is 1.81 bits per heavy atom. The lowest BCUT2D eigenvalue weighted by molar-refractivity contribution is 0.660. The molecule has 3 heteroatoms. The molecule has 0 radical (unpaired) electrons. The van der Waals surface area contributed by atoms with E-state index in [1.54, 1.807) is 0 Å². The quantitative estimate of drug-likeness (QED) is 0.786. The van der Waals surface area contributed by atoms with Gasteiger partial charge in [-0.05, 0) is 30.9 Å². The second-order valence-electron chi connectivity index (χ2n) is 5.52. The first-order valence-electron chi connectivity index (χ1n) is 7.71. The van der Waals surface area contributed by atoms with Crippen molar-refractivity contribution in [2.45, 2.75) is 46.0 Å². The van der Waals surface area contributed by atoms with E-state index in [-0.39, 0.29) is 5.56 Å². The molecule has 0 spiro atoms. The van der Waals surface area contributed by atoms with Crippen LogP contribution >= 0.6 is 0 Å². The number of benzene rings is 1. The Morgan fingerprint density at radius 3 is 2.48 bits per heavy atom. The van der Waals surface area contributed by atoms with Crippen LogP contribution in [0.2, 0.25) is 0 Å². The SMILES string of the molecule is CCCCCCc1[nH]c(=O)c(N)c(C)c1-c1ccccc1. The summed E-state index contributed by atoms with van der Waals surface area (Å²) in [6.45, 7) is 4.13. The normalized spacial score (nSPS) is 10.8. The van der Waals surface area contributed by atoms with Crippen molar-refractivity contribution in [3.05, 3.63) is 51.9 Å². The van der Waals surface area contributed by atoms with Gasteiger partial charge in [-0.15, -0.1) is 0 Å². The Balaban J connectivity index is 2.41. The van der Waals surface area contributed by atoms with Crippen molar-refractivity contribution in [3.63, 3.8) is 0 Å². The monoisotopic (exact) mass is 284 g/mol. The summed E-state index contributed by atoms with van der Waals surface area (Å²) in [6, 6.07) is 10.1. The van der Waals surface area contributed by atoms with Crippen LogP contribution in [0, 0.1) is 6.92 Å². The predicted molar refractivity (Wildman–Crippen MR) is 89.5 cm³/mol. The van der Waals surface area contributed by atoms with E-state index in [9.17, 15) is 4.79 Å². The minimum atomic E-state index is -0.169. The molecule has 1 aromatic heterocycles. The molecule has 2 aromatic rings. The van der Waals surface area contributed by atoms with Crippen molar-refractivity contribution in [2.24, 2.45) is 0 Å². The lowest BCUT2D eigenvalue weighted by atomic mass is 9.95. The molecule has 112 valence electrons. The fraction of sp³-hybridized carbons (Fsp3) is 0.389. The van der Waals surface area contributed by atoms with Crippen LogP contribution in [0.15, 0.2) is 35.1 Å². The Labute approximate surface area is 126 Å². The topological polar surface area (TPSA) is 58.9 Å². The number of hydrogen-bond acceptors (Lipinski definition) is 2. The van der Waals surface area contributed by atoms with E-state index in [2.05, 4.69) is 24.0 Å². The molecule has 3 nitrogen and oxygen atoms in total. The number of aromatic amines is 1. The average Bonchev–Trinajstić information content (AvgIpc) is 2.50. The zero-order valence-electron chi connectivity index (χ0n) is 12.9. The third-order valence-corrected chi connectivity index (χ3v) is 3.93. The van der Waals surface area contributed by atoms with Crippen molar-refractivity contribution in [1.29, 1.82) is 0 Å². The zero-order valence-corrected chi connectivity index (χ0v) is 12.9. The fourth-order valence-electron chi connectivity index (χ4n) is 2.71. The molecule has 0 aliphatic carbocycles. The maximum absolute atomic E-state index is 12.0. The van der Waals surface area contributed by atoms with Gasteiger partial charge in [0.15, 0.2) is 0 Å². The first kappa shape index (κ1) is 15.4. The minimum Gasteiger partial charge on any atom is -0.394 e. The second kappa shape index (κ2) is 7.11. The number of hydrogen-bond donors (Lipinski definition) is 2. The van der Waals surface area contributed by atoms with Crippen LogP contribution in [0.5, 0.6) is 0 Å². The number of unbranched alkanes of at least 4 members (excludes halogenated alkanes) is 3. The highest BCUT2D eigenvalue weighted by molar-refractivity contribution is 5.74. The summed E-state index contributed by atoms with van der Waals surface area (Å²) >= 11 is 0. The molecule has 1 heterocycles. The van der Waals surface area contributed by atoms with Gasteiger partial charge < -0.3 is 10.7 Å². The lowest BCUT2D eigenvalue weighted by Crippen LogP contribution is -2.17. The average molecular weight is 284 g/mol. The number of nitrogens with one attached hydrogen (secondary N) is 1. The molecule has 0 aliphatic rings. The van der Waals surface area contributed by atoms with E-state index in [0.29, 0.717) is 5.69 Å². The summed E-state index contributed by atoms with van der Waals surface area (Å²) < 4.78 is 0. The third kappa shape index (κ3) is 3.54. The van der Waals surface area contributed by atoms with Crippen molar-refractivity contribution in [2.75, 3.05) is 5.73 Å². The van der Waals surface area contributed by atoms with Crippen LogP contribution in [0.4, 0.5) is 5.69 Å². The highest BCUT2D eigenvalue weighted by Gasteiger charge is 2.13. The molecule has 0 fully saturated rings. The van der Waals surface area contributed by atoms with Crippen LogP contribution in [0.1, 0.15) is 43.9 Å². The number of aromatic nitrogens is 1. The first-order valence-corrected chi connectivity index (χ1v) is 7.71. The molecule has 0 saturated heterocycles. The highest BCUT2D eigenvalue weighted by atomic mass is 16.1. The molecular weight excluding hydrogens is 260 g/mol. The van der Waals surface area contributed by atoms with Crippen molar-refractivity contribution < 1.29 is 0 Å². The Bertz CT molecular complexity index is 644. The van der Waals surface area contributed by atoms with Crippen molar-refractivity contribution >= 4 is 5.69 Å². The van der Waals surface area contributed by atoms with Crippen LogP contribution in [0.25, 0.3) is 11.1 Å². The largest absolute Gasteiger partial charge is 0.394 e. The molecule has 2 rings (SSSR count). The molecule has 0 aliphatic heterocycles.